The Labute approximate surface area is 95.3 Å². The highest BCUT2D eigenvalue weighted by Gasteiger charge is 2.22. The van der Waals surface area contributed by atoms with Crippen molar-refractivity contribution in [3.63, 3.8) is 0 Å². The lowest BCUT2D eigenvalue weighted by atomic mass is 10.1. The molecule has 0 aliphatic carbocycles. The van der Waals surface area contributed by atoms with Gasteiger partial charge in [0.25, 0.3) is 5.56 Å². The highest BCUT2D eigenvalue weighted by Crippen LogP contribution is 2.18. The van der Waals surface area contributed by atoms with E-state index < -0.39 is 5.60 Å². The molecule has 0 saturated carbocycles. The van der Waals surface area contributed by atoms with Crippen molar-refractivity contribution in [1.29, 1.82) is 0 Å². The molecule has 0 spiro atoms. The smallest absolute Gasteiger partial charge is 0.251 e. The Balaban J connectivity index is 3.03. The minimum Gasteiger partial charge on any atom is -0.371 e. The number of aromatic amines is 1. The fourth-order valence-electron chi connectivity index (χ4n) is 1.23. The van der Waals surface area contributed by atoms with E-state index in [0.717, 1.165) is 12.2 Å². The molecule has 0 atom stereocenters. The Bertz CT molecular complexity index is 398. The minimum absolute atomic E-state index is 0.150. The monoisotopic (exact) mass is 225 g/mol. The van der Waals surface area contributed by atoms with Crippen molar-refractivity contribution in [3.05, 3.63) is 27.9 Å². The SMILES string of the molecule is CCNCc1cc(=O)[nH]c(C(C)(C)OC)n1. The summed E-state index contributed by atoms with van der Waals surface area (Å²) in [6.07, 6.45) is 0. The molecule has 1 aromatic heterocycles. The second kappa shape index (κ2) is 5.23. The highest BCUT2D eigenvalue weighted by molar-refractivity contribution is 5.07. The third-order valence-corrected chi connectivity index (χ3v) is 2.43. The fourth-order valence-corrected chi connectivity index (χ4v) is 1.23. The molecule has 16 heavy (non-hydrogen) atoms. The molecule has 0 aromatic carbocycles. The molecule has 2 N–H and O–H groups in total. The lowest BCUT2D eigenvalue weighted by molar-refractivity contribution is 0.0110. The van der Waals surface area contributed by atoms with E-state index in [4.69, 9.17) is 4.74 Å². The zero-order valence-corrected chi connectivity index (χ0v) is 10.3. The zero-order chi connectivity index (χ0) is 12.2. The average Bonchev–Trinajstić information content (AvgIpc) is 2.25. The van der Waals surface area contributed by atoms with Crippen molar-refractivity contribution in [1.82, 2.24) is 15.3 Å². The van der Waals surface area contributed by atoms with Crippen molar-refractivity contribution in [2.75, 3.05) is 13.7 Å². The molecule has 0 aliphatic heterocycles. The molecule has 0 aliphatic rings. The van der Waals surface area contributed by atoms with Gasteiger partial charge in [0.2, 0.25) is 0 Å². The summed E-state index contributed by atoms with van der Waals surface area (Å²) in [7, 11) is 1.59. The second-order valence-corrected chi connectivity index (χ2v) is 4.08. The number of rotatable bonds is 5. The van der Waals surface area contributed by atoms with Crippen LogP contribution in [0.15, 0.2) is 10.9 Å². The van der Waals surface area contributed by atoms with Crippen molar-refractivity contribution < 1.29 is 4.74 Å². The second-order valence-electron chi connectivity index (χ2n) is 4.08. The first-order chi connectivity index (χ1) is 7.49. The Morgan fingerprint density at radius 3 is 2.81 bits per heavy atom. The van der Waals surface area contributed by atoms with E-state index in [2.05, 4.69) is 15.3 Å². The van der Waals surface area contributed by atoms with E-state index in [0.29, 0.717) is 12.4 Å². The first-order valence-electron chi connectivity index (χ1n) is 5.36. The molecule has 90 valence electrons. The van der Waals surface area contributed by atoms with Crippen LogP contribution in [-0.4, -0.2) is 23.6 Å². The Morgan fingerprint density at radius 1 is 1.56 bits per heavy atom. The summed E-state index contributed by atoms with van der Waals surface area (Å²) in [5.41, 5.74) is -0.00441. The predicted molar refractivity (Wildman–Crippen MR) is 62.3 cm³/mol. The van der Waals surface area contributed by atoms with Gasteiger partial charge >= 0.3 is 0 Å². The lowest BCUT2D eigenvalue weighted by Gasteiger charge is -2.21. The van der Waals surface area contributed by atoms with Crippen LogP contribution in [-0.2, 0) is 16.9 Å². The van der Waals surface area contributed by atoms with Crippen molar-refractivity contribution in [3.8, 4) is 0 Å². The standard InChI is InChI=1S/C11H19N3O2/c1-5-12-7-8-6-9(15)14-10(13-8)11(2,3)16-4/h6,12H,5,7H2,1-4H3,(H,13,14,15). The largest absolute Gasteiger partial charge is 0.371 e. The number of nitrogens with zero attached hydrogens (tertiary/aromatic N) is 1. The number of H-pyrrole nitrogens is 1. The summed E-state index contributed by atoms with van der Waals surface area (Å²) in [6, 6.07) is 1.50. The lowest BCUT2D eigenvalue weighted by Crippen LogP contribution is -2.28. The van der Waals surface area contributed by atoms with Crippen LogP contribution in [0, 0.1) is 0 Å². The molecule has 1 rings (SSSR count). The first kappa shape index (κ1) is 12.9. The van der Waals surface area contributed by atoms with E-state index in [1.165, 1.54) is 6.07 Å². The van der Waals surface area contributed by atoms with Crippen LogP contribution in [0.2, 0.25) is 0 Å². The minimum atomic E-state index is -0.582. The number of hydrogen-bond acceptors (Lipinski definition) is 4. The molecule has 5 heteroatoms. The summed E-state index contributed by atoms with van der Waals surface area (Å²) in [4.78, 5) is 18.5. The quantitative estimate of drug-likeness (QED) is 0.776. The highest BCUT2D eigenvalue weighted by atomic mass is 16.5. The van der Waals surface area contributed by atoms with Crippen LogP contribution >= 0.6 is 0 Å². The summed E-state index contributed by atoms with van der Waals surface area (Å²) in [5.74, 6) is 0.551. The number of methoxy groups -OCH3 is 1. The molecule has 1 aromatic rings. The molecular formula is C11H19N3O2. The Morgan fingerprint density at radius 2 is 2.25 bits per heavy atom. The molecule has 0 radical (unpaired) electrons. The van der Waals surface area contributed by atoms with Gasteiger partial charge < -0.3 is 15.0 Å². The summed E-state index contributed by atoms with van der Waals surface area (Å²) < 4.78 is 5.29. The number of hydrogen-bond donors (Lipinski definition) is 2. The van der Waals surface area contributed by atoms with Gasteiger partial charge in [-0.15, -0.1) is 0 Å². The molecule has 1 heterocycles. The zero-order valence-electron chi connectivity index (χ0n) is 10.3. The van der Waals surface area contributed by atoms with Crippen molar-refractivity contribution in [2.45, 2.75) is 32.9 Å². The first-order valence-corrected chi connectivity index (χ1v) is 5.36. The van der Waals surface area contributed by atoms with E-state index in [1.807, 2.05) is 20.8 Å². The maximum Gasteiger partial charge on any atom is 0.251 e. The molecular weight excluding hydrogens is 206 g/mol. The molecule has 0 fully saturated rings. The molecule has 0 amide bonds. The van der Waals surface area contributed by atoms with Gasteiger partial charge in [0.05, 0.1) is 5.69 Å². The van der Waals surface area contributed by atoms with Gasteiger partial charge in [-0.05, 0) is 20.4 Å². The third-order valence-electron chi connectivity index (χ3n) is 2.43. The summed E-state index contributed by atoms with van der Waals surface area (Å²) in [6.45, 7) is 7.17. The molecule has 0 unspecified atom stereocenters. The number of aromatic nitrogens is 2. The molecule has 0 saturated heterocycles. The van der Waals surface area contributed by atoms with Gasteiger partial charge in [0.1, 0.15) is 11.4 Å². The van der Waals surface area contributed by atoms with Crippen LogP contribution in [0.4, 0.5) is 0 Å². The van der Waals surface area contributed by atoms with E-state index in [-0.39, 0.29) is 5.56 Å². The number of nitrogens with one attached hydrogen (secondary N) is 2. The van der Waals surface area contributed by atoms with E-state index in [9.17, 15) is 4.79 Å². The van der Waals surface area contributed by atoms with Gasteiger partial charge in [-0.3, -0.25) is 4.79 Å². The van der Waals surface area contributed by atoms with Crippen molar-refractivity contribution in [2.24, 2.45) is 0 Å². The van der Waals surface area contributed by atoms with Gasteiger partial charge in [0.15, 0.2) is 0 Å². The van der Waals surface area contributed by atoms with E-state index in [1.54, 1.807) is 7.11 Å². The summed E-state index contributed by atoms with van der Waals surface area (Å²) >= 11 is 0. The topological polar surface area (TPSA) is 67.0 Å². The van der Waals surface area contributed by atoms with Crippen LogP contribution in [0.3, 0.4) is 0 Å². The normalized spacial score (nSPS) is 11.8. The maximum absolute atomic E-state index is 11.5. The average molecular weight is 225 g/mol. The Hall–Kier alpha value is -1.20. The van der Waals surface area contributed by atoms with E-state index >= 15 is 0 Å². The van der Waals surface area contributed by atoms with Gasteiger partial charge in [-0.1, -0.05) is 6.92 Å². The van der Waals surface area contributed by atoms with Crippen LogP contribution < -0.4 is 10.9 Å². The van der Waals surface area contributed by atoms with Crippen molar-refractivity contribution >= 4 is 0 Å². The maximum atomic E-state index is 11.5. The Kier molecular flexibility index (Phi) is 4.20. The van der Waals surface area contributed by atoms with Gasteiger partial charge in [0, 0.05) is 19.7 Å². The van der Waals surface area contributed by atoms with Gasteiger partial charge in [-0.2, -0.15) is 0 Å². The number of ether oxygens (including phenoxy) is 1. The van der Waals surface area contributed by atoms with Gasteiger partial charge in [-0.25, -0.2) is 4.98 Å². The fraction of sp³-hybridized carbons (Fsp3) is 0.636. The molecule has 5 nitrogen and oxygen atoms in total. The predicted octanol–water partition coefficient (Wildman–Crippen LogP) is 0.761. The summed E-state index contributed by atoms with van der Waals surface area (Å²) in [5, 5.41) is 3.13. The van der Waals surface area contributed by atoms with Crippen LogP contribution in [0.1, 0.15) is 32.3 Å². The van der Waals surface area contributed by atoms with Crippen LogP contribution in [0.25, 0.3) is 0 Å². The molecule has 0 bridgehead atoms. The van der Waals surface area contributed by atoms with Crippen LogP contribution in [0.5, 0.6) is 0 Å². The third kappa shape index (κ3) is 3.15.